The van der Waals surface area contributed by atoms with Crippen molar-refractivity contribution in [3.05, 3.63) is 46.7 Å². The highest BCUT2D eigenvalue weighted by atomic mass is 32.1. The summed E-state index contributed by atoms with van der Waals surface area (Å²) in [7, 11) is 1.59. The third-order valence-corrected chi connectivity index (χ3v) is 7.76. The van der Waals surface area contributed by atoms with Gasteiger partial charge in [-0.2, -0.15) is 5.26 Å². The first kappa shape index (κ1) is 25.2. The van der Waals surface area contributed by atoms with Crippen LogP contribution in [0.5, 0.6) is 0 Å². The quantitative estimate of drug-likeness (QED) is 0.403. The second-order valence-electron chi connectivity index (χ2n) is 8.66. The van der Waals surface area contributed by atoms with Gasteiger partial charge < -0.3 is 25.8 Å². The number of halogens is 2. The number of anilines is 2. The van der Waals surface area contributed by atoms with E-state index in [1.165, 1.54) is 6.07 Å². The van der Waals surface area contributed by atoms with Crippen LogP contribution in [0.25, 0.3) is 32.1 Å². The number of thiophene rings is 1. The molecule has 0 bridgehead atoms. The van der Waals surface area contributed by atoms with Crippen LogP contribution in [0.1, 0.15) is 30.5 Å². The zero-order valence-electron chi connectivity index (χ0n) is 20.6. The number of nitrogen functional groups attached to an aromatic ring is 1. The lowest BCUT2D eigenvalue weighted by molar-refractivity contribution is 0.108. The van der Waals surface area contributed by atoms with Gasteiger partial charge in [0.1, 0.15) is 22.4 Å². The Hall–Kier alpha value is -3.43. The van der Waals surface area contributed by atoms with Gasteiger partial charge >= 0.3 is 0 Å². The highest BCUT2D eigenvalue weighted by molar-refractivity contribution is 7.23. The van der Waals surface area contributed by atoms with E-state index in [2.05, 4.69) is 9.97 Å². The summed E-state index contributed by atoms with van der Waals surface area (Å²) < 4.78 is 43.4. The second kappa shape index (κ2) is 9.79. The minimum absolute atomic E-state index is 0.00375. The van der Waals surface area contributed by atoms with Crippen LogP contribution in [0.4, 0.5) is 19.7 Å². The molecular weight excluding hydrogens is 498 g/mol. The Morgan fingerprint density at radius 2 is 1.95 bits per heavy atom. The van der Waals surface area contributed by atoms with Crippen LogP contribution in [0.3, 0.4) is 0 Å². The van der Waals surface area contributed by atoms with E-state index in [1.807, 2.05) is 24.8 Å². The zero-order chi connectivity index (χ0) is 26.4. The van der Waals surface area contributed by atoms with Gasteiger partial charge in [0.25, 0.3) is 0 Å². The molecular formula is C26H26F2N6O2S. The Morgan fingerprint density at radius 1 is 1.19 bits per heavy atom. The fourth-order valence-corrected chi connectivity index (χ4v) is 6.00. The van der Waals surface area contributed by atoms with Crippen molar-refractivity contribution in [3.63, 3.8) is 0 Å². The first-order valence-electron chi connectivity index (χ1n) is 11.9. The number of aromatic nitrogens is 2. The monoisotopic (exact) mass is 524 g/mol. The topological polar surface area (TPSA) is 123 Å². The fraction of sp³-hybridized carbons (Fsp3) is 0.346. The number of hydrogen-bond donors (Lipinski definition) is 2. The Morgan fingerprint density at radius 3 is 2.65 bits per heavy atom. The molecule has 11 heteroatoms. The Kier molecular flexibility index (Phi) is 6.68. The van der Waals surface area contributed by atoms with Crippen molar-refractivity contribution in [1.29, 1.82) is 5.26 Å². The molecule has 0 saturated carbocycles. The summed E-state index contributed by atoms with van der Waals surface area (Å²) >= 11 is 1.16. The van der Waals surface area contributed by atoms with Gasteiger partial charge in [0.15, 0.2) is 5.82 Å². The molecule has 4 aromatic rings. The molecule has 8 nitrogen and oxygen atoms in total. The lowest BCUT2D eigenvalue weighted by Gasteiger charge is -2.18. The maximum atomic E-state index is 16.4. The number of ether oxygens (including phenoxy) is 2. The van der Waals surface area contributed by atoms with E-state index >= 15 is 8.78 Å². The number of fused-ring (bicyclic) bond motifs is 4. The molecule has 2 unspecified atom stereocenters. The highest BCUT2D eigenvalue weighted by Gasteiger charge is 2.33. The molecule has 37 heavy (non-hydrogen) atoms. The normalized spacial score (nSPS) is 18.7. The molecule has 0 amide bonds. The Labute approximate surface area is 216 Å². The van der Waals surface area contributed by atoms with Crippen LogP contribution in [0, 0.1) is 23.0 Å². The van der Waals surface area contributed by atoms with Crippen LogP contribution in [0.2, 0.25) is 0 Å². The zero-order valence-corrected chi connectivity index (χ0v) is 21.5. The second-order valence-corrected chi connectivity index (χ2v) is 9.75. The third-order valence-electron chi connectivity index (χ3n) is 6.78. The van der Waals surface area contributed by atoms with Gasteiger partial charge in [0.2, 0.25) is 5.95 Å². The van der Waals surface area contributed by atoms with Crippen molar-refractivity contribution in [1.82, 2.24) is 9.97 Å². The number of nitrogens with two attached hydrogens (primary N) is 2. The number of hydrogen-bond acceptors (Lipinski definition) is 9. The first-order chi connectivity index (χ1) is 17.9. The minimum atomic E-state index is -0.695. The Bertz CT molecular complexity index is 1570. The molecule has 2 atom stereocenters. The molecule has 0 radical (unpaired) electrons. The van der Waals surface area contributed by atoms with Crippen LogP contribution >= 0.6 is 11.3 Å². The first-order valence-corrected chi connectivity index (χ1v) is 12.8. The van der Waals surface area contributed by atoms with Gasteiger partial charge in [-0.25, -0.2) is 18.7 Å². The predicted octanol–water partition coefficient (Wildman–Crippen LogP) is 4.46. The van der Waals surface area contributed by atoms with E-state index in [0.29, 0.717) is 45.6 Å². The smallest absolute Gasteiger partial charge is 0.226 e. The van der Waals surface area contributed by atoms with E-state index in [9.17, 15) is 5.26 Å². The van der Waals surface area contributed by atoms with Gasteiger partial charge in [-0.05, 0) is 23.3 Å². The maximum Gasteiger partial charge on any atom is 0.226 e. The average Bonchev–Trinajstić information content (AvgIpc) is 3.62. The van der Waals surface area contributed by atoms with E-state index in [4.69, 9.17) is 20.9 Å². The lowest BCUT2D eigenvalue weighted by atomic mass is 9.90. The molecule has 1 fully saturated rings. The van der Waals surface area contributed by atoms with Crippen LogP contribution < -0.4 is 16.4 Å². The van der Waals surface area contributed by atoms with Gasteiger partial charge in [-0.3, -0.25) is 0 Å². The molecule has 2 aliphatic heterocycles. The van der Waals surface area contributed by atoms with E-state index in [0.717, 1.165) is 11.3 Å². The number of nitrogens with zero attached hydrogens (tertiary/aromatic N) is 4. The molecule has 6 rings (SSSR count). The molecule has 2 aromatic heterocycles. The molecule has 0 aliphatic carbocycles. The summed E-state index contributed by atoms with van der Waals surface area (Å²) in [5.41, 5.74) is 13.6. The largest absolute Gasteiger partial charge is 0.389 e. The van der Waals surface area contributed by atoms with Crippen molar-refractivity contribution in [2.24, 2.45) is 5.73 Å². The van der Waals surface area contributed by atoms with E-state index < -0.39 is 11.6 Å². The van der Waals surface area contributed by atoms with Crippen LogP contribution in [-0.4, -0.2) is 42.3 Å². The van der Waals surface area contributed by atoms with Crippen LogP contribution in [0.15, 0.2) is 18.3 Å². The molecule has 4 N–H and O–H groups in total. The summed E-state index contributed by atoms with van der Waals surface area (Å²) in [5.74, 6) is -1.03. The molecule has 2 aromatic carbocycles. The molecule has 2 aliphatic rings. The van der Waals surface area contributed by atoms with Crippen molar-refractivity contribution in [2.45, 2.75) is 39.2 Å². The number of rotatable bonds is 3. The SMILES string of the molecule is CC.COC1CN(c2ncc3c4c(c(-c5c(F)ccc6sc(N)c(C#N)c56)c(F)c3n2)COC4)CC1N. The van der Waals surface area contributed by atoms with Crippen molar-refractivity contribution < 1.29 is 18.3 Å². The van der Waals surface area contributed by atoms with Gasteiger partial charge in [-0.1, -0.05) is 13.8 Å². The summed E-state index contributed by atoms with van der Waals surface area (Å²) in [6.45, 7) is 5.25. The average molecular weight is 525 g/mol. The Balaban J connectivity index is 0.00000137. The van der Waals surface area contributed by atoms with Crippen molar-refractivity contribution in [3.8, 4) is 17.2 Å². The van der Waals surface area contributed by atoms with Crippen molar-refractivity contribution >= 4 is 43.3 Å². The molecule has 1 saturated heterocycles. The predicted molar refractivity (Wildman–Crippen MR) is 140 cm³/mol. The number of nitriles is 1. The highest BCUT2D eigenvalue weighted by Crippen LogP contribution is 2.46. The summed E-state index contributed by atoms with van der Waals surface area (Å²) in [6, 6.07) is 4.64. The standard InChI is InChI=1S/C24H20F2N6O2S.C2H6/c1-33-16-7-32(6-15(16)28)24-30-5-11-12-8-34-9-13(12)19(21(26)22(11)31-24)20-14(25)2-3-17-18(20)10(4-27)23(29)35-17;1-2/h2-3,5,15-16H,6-9,28-29H2,1H3;1-2H3. The lowest BCUT2D eigenvalue weighted by Crippen LogP contribution is -2.34. The van der Waals surface area contributed by atoms with E-state index in [1.54, 1.807) is 19.4 Å². The third kappa shape index (κ3) is 3.88. The molecule has 4 heterocycles. The van der Waals surface area contributed by atoms with Gasteiger partial charge in [-0.15, -0.1) is 11.3 Å². The minimum Gasteiger partial charge on any atom is -0.389 e. The maximum absolute atomic E-state index is 16.4. The van der Waals surface area contributed by atoms with Crippen molar-refractivity contribution in [2.75, 3.05) is 30.8 Å². The van der Waals surface area contributed by atoms with Crippen LogP contribution in [-0.2, 0) is 22.7 Å². The summed E-state index contributed by atoms with van der Waals surface area (Å²) in [4.78, 5) is 10.8. The van der Waals surface area contributed by atoms with E-state index in [-0.39, 0.29) is 52.6 Å². The number of benzene rings is 2. The summed E-state index contributed by atoms with van der Waals surface area (Å²) in [5, 5.41) is 10.8. The molecule has 0 spiro atoms. The molecule has 192 valence electrons. The van der Waals surface area contributed by atoms with Gasteiger partial charge in [0.05, 0.1) is 30.9 Å². The fourth-order valence-electron chi connectivity index (χ4n) is 5.07. The summed E-state index contributed by atoms with van der Waals surface area (Å²) in [6.07, 6.45) is 1.38. The van der Waals surface area contributed by atoms with Gasteiger partial charge in [0, 0.05) is 53.0 Å². The number of methoxy groups -OCH3 is 1.